The van der Waals surface area contributed by atoms with E-state index in [1.54, 1.807) is 14.0 Å². The van der Waals surface area contributed by atoms with Crippen molar-refractivity contribution in [1.82, 2.24) is 5.32 Å². The predicted molar refractivity (Wildman–Crippen MR) is 82.7 cm³/mol. The lowest BCUT2D eigenvalue weighted by atomic mass is 10.2. The van der Waals surface area contributed by atoms with Crippen molar-refractivity contribution in [2.75, 3.05) is 25.0 Å². The quantitative estimate of drug-likeness (QED) is 0.592. The molecule has 1 unspecified atom stereocenters. The maximum absolute atomic E-state index is 11.8. The van der Waals surface area contributed by atoms with Gasteiger partial charge in [-0.2, -0.15) is 0 Å². The highest BCUT2D eigenvalue weighted by molar-refractivity contribution is 7.16. The molecule has 0 bridgehead atoms. The molecule has 1 heterocycles. The van der Waals surface area contributed by atoms with E-state index in [9.17, 15) is 20.0 Å². The van der Waals surface area contributed by atoms with Crippen LogP contribution in [0.2, 0.25) is 0 Å². The highest BCUT2D eigenvalue weighted by Gasteiger charge is 2.24. The number of anilines is 1. The molecule has 0 aliphatic carbocycles. The SMILES string of the molecule is CC(C)CNC(=O)CN(C)c1sc(C(C)O)cc1[N+](=O)[O-]. The second kappa shape index (κ2) is 7.37. The summed E-state index contributed by atoms with van der Waals surface area (Å²) in [5.41, 5.74) is -0.0879. The van der Waals surface area contributed by atoms with E-state index < -0.39 is 11.0 Å². The third kappa shape index (κ3) is 4.98. The molecule has 0 aromatic carbocycles. The van der Waals surface area contributed by atoms with Gasteiger partial charge in [0.25, 0.3) is 0 Å². The van der Waals surface area contributed by atoms with E-state index in [0.29, 0.717) is 22.3 Å². The number of rotatable bonds is 7. The van der Waals surface area contributed by atoms with Crippen molar-refractivity contribution in [2.45, 2.75) is 26.9 Å². The molecule has 0 saturated heterocycles. The van der Waals surface area contributed by atoms with E-state index in [4.69, 9.17) is 0 Å². The molecule has 0 aliphatic rings. The number of carbonyl (C=O) groups is 1. The minimum atomic E-state index is -0.773. The number of carbonyl (C=O) groups excluding carboxylic acids is 1. The molecule has 7 nitrogen and oxygen atoms in total. The zero-order valence-electron chi connectivity index (χ0n) is 12.6. The lowest BCUT2D eigenvalue weighted by Gasteiger charge is -2.16. The maximum atomic E-state index is 11.8. The predicted octanol–water partition coefficient (Wildman–Crippen LogP) is 1.92. The monoisotopic (exact) mass is 315 g/mol. The van der Waals surface area contributed by atoms with Crippen LogP contribution in [0.15, 0.2) is 6.07 Å². The van der Waals surface area contributed by atoms with Gasteiger partial charge in [-0.1, -0.05) is 13.8 Å². The van der Waals surface area contributed by atoms with Crippen LogP contribution in [0.3, 0.4) is 0 Å². The summed E-state index contributed by atoms with van der Waals surface area (Å²) in [6.07, 6.45) is -0.773. The van der Waals surface area contributed by atoms with Crippen LogP contribution in [0, 0.1) is 16.0 Å². The first kappa shape index (κ1) is 17.4. The van der Waals surface area contributed by atoms with Gasteiger partial charge in [-0.3, -0.25) is 14.9 Å². The first-order chi connectivity index (χ1) is 9.72. The van der Waals surface area contributed by atoms with Crippen LogP contribution in [0.25, 0.3) is 0 Å². The molecule has 1 aromatic rings. The Bertz CT molecular complexity index is 514. The van der Waals surface area contributed by atoms with Gasteiger partial charge in [-0.25, -0.2) is 0 Å². The molecule has 1 rings (SSSR count). The smallest absolute Gasteiger partial charge is 0.304 e. The van der Waals surface area contributed by atoms with Crippen molar-refractivity contribution >= 4 is 27.9 Å². The normalized spacial score (nSPS) is 12.3. The van der Waals surface area contributed by atoms with E-state index in [2.05, 4.69) is 5.32 Å². The van der Waals surface area contributed by atoms with Crippen LogP contribution >= 0.6 is 11.3 Å². The second-order valence-electron chi connectivity index (χ2n) is 5.33. The average Bonchev–Trinajstić information content (AvgIpc) is 2.81. The highest BCUT2D eigenvalue weighted by Crippen LogP contribution is 2.39. The van der Waals surface area contributed by atoms with Gasteiger partial charge >= 0.3 is 5.69 Å². The fourth-order valence-electron chi connectivity index (χ4n) is 1.66. The van der Waals surface area contributed by atoms with Gasteiger partial charge in [0.1, 0.15) is 0 Å². The van der Waals surface area contributed by atoms with E-state index in [-0.39, 0.29) is 18.1 Å². The molecule has 1 amide bonds. The van der Waals surface area contributed by atoms with Gasteiger partial charge in [-0.05, 0) is 12.8 Å². The topological polar surface area (TPSA) is 95.7 Å². The number of nitrogens with zero attached hydrogens (tertiary/aromatic N) is 2. The largest absolute Gasteiger partial charge is 0.388 e. The maximum Gasteiger partial charge on any atom is 0.304 e. The van der Waals surface area contributed by atoms with Crippen LogP contribution in [0.4, 0.5) is 10.7 Å². The fraction of sp³-hybridized carbons (Fsp3) is 0.615. The minimum Gasteiger partial charge on any atom is -0.388 e. The van der Waals surface area contributed by atoms with Gasteiger partial charge in [0.15, 0.2) is 5.00 Å². The number of aliphatic hydroxyl groups is 1. The summed E-state index contributed by atoms with van der Waals surface area (Å²) >= 11 is 1.12. The van der Waals surface area contributed by atoms with Crippen molar-refractivity contribution in [3.05, 3.63) is 21.1 Å². The molecule has 0 aliphatic heterocycles. The van der Waals surface area contributed by atoms with Gasteiger partial charge in [-0.15, -0.1) is 11.3 Å². The van der Waals surface area contributed by atoms with Gasteiger partial charge in [0.2, 0.25) is 5.91 Å². The molecule has 0 saturated carbocycles. The minimum absolute atomic E-state index is 0.0350. The Hall–Kier alpha value is -1.67. The Labute approximate surface area is 127 Å². The lowest BCUT2D eigenvalue weighted by Crippen LogP contribution is -2.36. The van der Waals surface area contributed by atoms with E-state index in [1.165, 1.54) is 11.0 Å². The summed E-state index contributed by atoms with van der Waals surface area (Å²) in [5, 5.41) is 23.7. The number of nitro groups is 1. The Kier molecular flexibility index (Phi) is 6.10. The fourth-order valence-corrected chi connectivity index (χ4v) is 2.68. The Balaban J connectivity index is 2.83. The summed E-state index contributed by atoms with van der Waals surface area (Å²) < 4.78 is 0. The summed E-state index contributed by atoms with van der Waals surface area (Å²) in [7, 11) is 1.62. The Morgan fingerprint density at radius 3 is 2.62 bits per heavy atom. The second-order valence-corrected chi connectivity index (χ2v) is 6.39. The third-order valence-electron chi connectivity index (χ3n) is 2.76. The molecule has 2 N–H and O–H groups in total. The number of aliphatic hydroxyl groups excluding tert-OH is 1. The van der Waals surface area contributed by atoms with Gasteiger partial charge < -0.3 is 15.3 Å². The summed E-state index contributed by atoms with van der Waals surface area (Å²) in [6, 6.07) is 1.35. The van der Waals surface area contributed by atoms with Crippen molar-refractivity contribution in [3.63, 3.8) is 0 Å². The molecule has 21 heavy (non-hydrogen) atoms. The molecule has 0 radical (unpaired) electrons. The van der Waals surface area contributed by atoms with Gasteiger partial charge in [0, 0.05) is 24.5 Å². The molecular formula is C13H21N3O4S. The van der Waals surface area contributed by atoms with Crippen molar-refractivity contribution in [2.24, 2.45) is 5.92 Å². The van der Waals surface area contributed by atoms with Crippen molar-refractivity contribution < 1.29 is 14.8 Å². The standard InChI is InChI=1S/C13H21N3O4S/c1-8(2)6-14-12(18)7-15(4)13-10(16(19)20)5-11(21-13)9(3)17/h5,8-9,17H,6-7H2,1-4H3,(H,14,18). The van der Waals surface area contributed by atoms with Crippen molar-refractivity contribution in [3.8, 4) is 0 Å². The van der Waals surface area contributed by atoms with Crippen LogP contribution in [0.1, 0.15) is 31.8 Å². The molecule has 118 valence electrons. The van der Waals surface area contributed by atoms with Crippen LogP contribution in [-0.4, -0.2) is 36.1 Å². The first-order valence-corrected chi connectivity index (χ1v) is 7.48. The summed E-state index contributed by atoms with van der Waals surface area (Å²) in [4.78, 5) is 24.4. The Morgan fingerprint density at radius 1 is 1.52 bits per heavy atom. The Morgan fingerprint density at radius 2 is 2.14 bits per heavy atom. The lowest BCUT2D eigenvalue weighted by molar-refractivity contribution is -0.383. The van der Waals surface area contributed by atoms with Crippen molar-refractivity contribution in [1.29, 1.82) is 0 Å². The average molecular weight is 315 g/mol. The first-order valence-electron chi connectivity index (χ1n) is 6.66. The third-order valence-corrected chi connectivity index (χ3v) is 4.16. The number of nitrogens with one attached hydrogen (secondary N) is 1. The zero-order valence-corrected chi connectivity index (χ0v) is 13.4. The molecule has 1 aromatic heterocycles. The van der Waals surface area contributed by atoms with E-state index in [0.717, 1.165) is 11.3 Å². The van der Waals surface area contributed by atoms with Gasteiger partial charge in [0.05, 0.1) is 17.6 Å². The number of hydrogen-bond acceptors (Lipinski definition) is 6. The van der Waals surface area contributed by atoms with Crippen LogP contribution in [0.5, 0.6) is 0 Å². The zero-order chi connectivity index (χ0) is 16.2. The molecule has 0 fully saturated rings. The molecule has 8 heteroatoms. The number of amides is 1. The van der Waals surface area contributed by atoms with E-state index in [1.807, 2.05) is 13.8 Å². The summed E-state index contributed by atoms with van der Waals surface area (Å²) in [5.74, 6) is 0.157. The molecule has 1 atom stereocenters. The highest BCUT2D eigenvalue weighted by atomic mass is 32.1. The summed E-state index contributed by atoms with van der Waals surface area (Å²) in [6.45, 7) is 6.13. The number of likely N-dealkylation sites (N-methyl/N-ethyl adjacent to an activating group) is 1. The van der Waals surface area contributed by atoms with Crippen LogP contribution in [-0.2, 0) is 4.79 Å². The molecule has 0 spiro atoms. The molecular weight excluding hydrogens is 294 g/mol. The van der Waals surface area contributed by atoms with Crippen LogP contribution < -0.4 is 10.2 Å². The number of hydrogen-bond donors (Lipinski definition) is 2. The number of thiophene rings is 1. The van der Waals surface area contributed by atoms with E-state index >= 15 is 0 Å².